The van der Waals surface area contributed by atoms with Crippen molar-refractivity contribution in [3.63, 3.8) is 0 Å². The molecule has 4 N–H and O–H groups in total. The van der Waals surface area contributed by atoms with Gasteiger partial charge in [0.2, 0.25) is 15.9 Å². The highest BCUT2D eigenvalue weighted by Crippen LogP contribution is 2.41. The van der Waals surface area contributed by atoms with Gasteiger partial charge in [-0.25, -0.2) is 8.42 Å². The van der Waals surface area contributed by atoms with E-state index in [0.717, 1.165) is 46.9 Å². The first-order chi connectivity index (χ1) is 15.6. The molecule has 2 aromatic rings. The van der Waals surface area contributed by atoms with E-state index < -0.39 is 34.2 Å². The normalized spacial score (nSPS) is 24.2. The average Bonchev–Trinajstić information content (AvgIpc) is 3.28. The second-order valence-electron chi connectivity index (χ2n) is 9.23. The Labute approximate surface area is 199 Å². The first kappa shape index (κ1) is 26.1. The van der Waals surface area contributed by atoms with Crippen LogP contribution in [0, 0.1) is 11.8 Å². The topological polar surface area (TPSA) is 124 Å². The summed E-state index contributed by atoms with van der Waals surface area (Å²) < 4.78 is 25.2. The molecule has 1 aliphatic carbocycles. The van der Waals surface area contributed by atoms with Gasteiger partial charge in [-0.3, -0.25) is 9.52 Å². The molecule has 5 atom stereocenters. The molecule has 0 spiro atoms. The van der Waals surface area contributed by atoms with Gasteiger partial charge in [-0.1, -0.05) is 37.5 Å². The lowest BCUT2D eigenvalue weighted by Crippen LogP contribution is -2.28. The number of thiophene rings is 1. The summed E-state index contributed by atoms with van der Waals surface area (Å²) in [6.45, 7) is 0. The molecule has 0 saturated heterocycles. The van der Waals surface area contributed by atoms with E-state index in [1.165, 1.54) is 0 Å². The Bertz CT molecular complexity index is 988. The first-order valence-electron chi connectivity index (χ1n) is 11.7. The maximum atomic E-state index is 11.5. The van der Waals surface area contributed by atoms with Crippen LogP contribution in [0.3, 0.4) is 0 Å². The summed E-state index contributed by atoms with van der Waals surface area (Å²) in [6, 6.07) is 10.1. The van der Waals surface area contributed by atoms with Crippen molar-refractivity contribution in [1.29, 1.82) is 0 Å². The van der Waals surface area contributed by atoms with Crippen LogP contribution < -0.4 is 4.72 Å². The maximum absolute atomic E-state index is 11.5. The highest BCUT2D eigenvalue weighted by atomic mass is 32.2. The van der Waals surface area contributed by atoms with Crippen LogP contribution in [0.5, 0.6) is 0 Å². The lowest BCUT2D eigenvalue weighted by Gasteiger charge is -2.24. The number of aliphatic hydroxyl groups excluding tert-OH is 3. The van der Waals surface area contributed by atoms with Crippen molar-refractivity contribution in [1.82, 2.24) is 4.72 Å². The predicted octanol–water partition coefficient (Wildman–Crippen LogP) is 3.49. The van der Waals surface area contributed by atoms with Crippen molar-refractivity contribution < 1.29 is 28.5 Å². The van der Waals surface area contributed by atoms with Crippen LogP contribution in [0.4, 0.5) is 0 Å². The Balaban J connectivity index is 1.42. The van der Waals surface area contributed by atoms with Gasteiger partial charge >= 0.3 is 0 Å². The Morgan fingerprint density at radius 2 is 1.76 bits per heavy atom. The Morgan fingerprint density at radius 1 is 1.09 bits per heavy atom. The molecular weight excluding hydrogens is 462 g/mol. The van der Waals surface area contributed by atoms with E-state index in [1.54, 1.807) is 11.3 Å². The van der Waals surface area contributed by atoms with Crippen LogP contribution >= 0.6 is 11.3 Å². The molecule has 0 aliphatic heterocycles. The maximum Gasteiger partial charge on any atom is 0.233 e. The number of rotatable bonds is 12. The molecule has 1 aromatic heterocycles. The number of nitrogens with one attached hydrogen (secondary N) is 1. The standard InChI is InChI=1S/C24H35NO6S2/c1-33(30,31)25-24(29)11-5-3-2-4-9-17-18(21(28)15-20(17)27)12-13-19(26)23-14-16-8-6-7-10-22(16)32-23/h6-8,10,14,17-21,26-28H,2-5,9,11-13,15H2,1H3,(H,25,29). The summed E-state index contributed by atoms with van der Waals surface area (Å²) in [6.07, 6.45) is 5.01. The lowest BCUT2D eigenvalue weighted by atomic mass is 9.84. The van der Waals surface area contributed by atoms with E-state index in [1.807, 2.05) is 35.1 Å². The van der Waals surface area contributed by atoms with Gasteiger partial charge in [0.1, 0.15) is 0 Å². The van der Waals surface area contributed by atoms with E-state index in [-0.39, 0.29) is 18.3 Å². The second-order valence-corrected chi connectivity index (χ2v) is 12.1. The van der Waals surface area contributed by atoms with Crippen molar-refractivity contribution in [2.24, 2.45) is 11.8 Å². The number of hydrogen-bond donors (Lipinski definition) is 4. The van der Waals surface area contributed by atoms with Gasteiger partial charge in [0.15, 0.2) is 0 Å². The summed E-state index contributed by atoms with van der Waals surface area (Å²) in [4.78, 5) is 12.5. The van der Waals surface area contributed by atoms with Crippen LogP contribution in [0.25, 0.3) is 10.1 Å². The minimum atomic E-state index is -3.50. The molecule has 1 aliphatic rings. The van der Waals surface area contributed by atoms with Crippen LogP contribution in [-0.4, -0.2) is 48.1 Å². The summed E-state index contributed by atoms with van der Waals surface area (Å²) in [5.41, 5.74) is 0. The molecule has 1 fully saturated rings. The number of aliphatic hydroxyl groups is 3. The molecule has 7 nitrogen and oxygen atoms in total. The minimum absolute atomic E-state index is 0.00291. The van der Waals surface area contributed by atoms with Crippen LogP contribution in [0.1, 0.15) is 68.8 Å². The lowest BCUT2D eigenvalue weighted by molar-refractivity contribution is -0.119. The number of sulfonamides is 1. The van der Waals surface area contributed by atoms with E-state index in [2.05, 4.69) is 0 Å². The zero-order chi connectivity index (χ0) is 24.0. The van der Waals surface area contributed by atoms with Crippen LogP contribution in [0.2, 0.25) is 0 Å². The van der Waals surface area contributed by atoms with Gasteiger partial charge in [0.05, 0.1) is 24.6 Å². The van der Waals surface area contributed by atoms with Gasteiger partial charge in [-0.2, -0.15) is 0 Å². The highest BCUT2D eigenvalue weighted by molar-refractivity contribution is 7.89. The highest BCUT2D eigenvalue weighted by Gasteiger charge is 2.40. The van der Waals surface area contributed by atoms with E-state index in [9.17, 15) is 28.5 Å². The summed E-state index contributed by atoms with van der Waals surface area (Å²) in [7, 11) is -3.50. The molecule has 1 saturated carbocycles. The van der Waals surface area contributed by atoms with E-state index in [0.29, 0.717) is 25.7 Å². The summed E-state index contributed by atoms with van der Waals surface area (Å²) in [5.74, 6) is -0.517. The molecule has 33 heavy (non-hydrogen) atoms. The predicted molar refractivity (Wildman–Crippen MR) is 130 cm³/mol. The number of amides is 1. The van der Waals surface area contributed by atoms with Gasteiger partial charge in [0.25, 0.3) is 0 Å². The minimum Gasteiger partial charge on any atom is -0.393 e. The van der Waals surface area contributed by atoms with Crippen molar-refractivity contribution in [2.45, 2.75) is 76.1 Å². The van der Waals surface area contributed by atoms with Crippen LogP contribution in [0.15, 0.2) is 30.3 Å². The zero-order valence-electron chi connectivity index (χ0n) is 19.0. The van der Waals surface area contributed by atoms with Gasteiger partial charge in [0, 0.05) is 16.0 Å². The zero-order valence-corrected chi connectivity index (χ0v) is 20.7. The smallest absolute Gasteiger partial charge is 0.233 e. The van der Waals surface area contributed by atoms with Gasteiger partial charge < -0.3 is 15.3 Å². The Morgan fingerprint density at radius 3 is 2.45 bits per heavy atom. The summed E-state index contributed by atoms with van der Waals surface area (Å²) in [5, 5.41) is 32.8. The Hall–Kier alpha value is -1.52. The first-order valence-corrected chi connectivity index (χ1v) is 14.4. The quantitative estimate of drug-likeness (QED) is 0.333. The molecule has 1 amide bonds. The third kappa shape index (κ3) is 7.75. The van der Waals surface area contributed by atoms with Crippen molar-refractivity contribution in [3.8, 4) is 0 Å². The molecule has 0 radical (unpaired) electrons. The van der Waals surface area contributed by atoms with Gasteiger partial charge in [-0.15, -0.1) is 11.3 Å². The number of carbonyl (C=O) groups is 1. The van der Waals surface area contributed by atoms with E-state index in [4.69, 9.17) is 0 Å². The molecule has 1 aromatic carbocycles. The monoisotopic (exact) mass is 497 g/mol. The van der Waals surface area contributed by atoms with Crippen LogP contribution in [-0.2, 0) is 14.8 Å². The number of unbranched alkanes of at least 4 members (excludes halogenated alkanes) is 3. The summed E-state index contributed by atoms with van der Waals surface area (Å²) >= 11 is 1.59. The van der Waals surface area contributed by atoms with Crippen molar-refractivity contribution >= 4 is 37.4 Å². The molecule has 1 heterocycles. The fourth-order valence-electron chi connectivity index (χ4n) is 4.92. The fraction of sp³-hybridized carbons (Fsp3) is 0.625. The molecule has 5 unspecified atom stereocenters. The molecule has 0 bridgehead atoms. The Kier molecular flexibility index (Phi) is 9.29. The molecule has 9 heteroatoms. The average molecular weight is 498 g/mol. The fourth-order valence-corrected chi connectivity index (χ4v) is 6.52. The number of fused-ring (bicyclic) bond motifs is 1. The number of carbonyl (C=O) groups excluding carboxylic acids is 1. The number of benzene rings is 1. The van der Waals surface area contributed by atoms with Crippen molar-refractivity contribution in [2.75, 3.05) is 6.26 Å². The SMILES string of the molecule is CS(=O)(=O)NC(=O)CCCCCCC1C(O)CC(O)C1CCC(O)c1cc2ccccc2s1. The molecule has 184 valence electrons. The third-order valence-corrected chi connectivity index (χ3v) is 8.37. The molecular formula is C24H35NO6S2. The van der Waals surface area contributed by atoms with Crippen molar-refractivity contribution in [3.05, 3.63) is 35.2 Å². The largest absolute Gasteiger partial charge is 0.393 e. The second kappa shape index (κ2) is 11.8. The number of hydrogen-bond acceptors (Lipinski definition) is 7. The van der Waals surface area contributed by atoms with E-state index >= 15 is 0 Å². The molecule has 3 rings (SSSR count). The van der Waals surface area contributed by atoms with Gasteiger partial charge in [-0.05, 0) is 61.5 Å². The third-order valence-electron chi connectivity index (χ3n) is 6.56.